The van der Waals surface area contributed by atoms with Crippen LogP contribution >= 0.6 is 11.3 Å². The number of carbonyl (C=O) groups is 1. The average Bonchev–Trinajstić information content (AvgIpc) is 3.51. The molecule has 0 aliphatic heterocycles. The van der Waals surface area contributed by atoms with Crippen molar-refractivity contribution in [1.29, 1.82) is 0 Å². The maximum atomic E-state index is 12.7. The zero-order chi connectivity index (χ0) is 26.3. The molecule has 0 saturated carbocycles. The number of carbonyl (C=O) groups excluding carboxylic acids is 1. The van der Waals surface area contributed by atoms with Gasteiger partial charge in [0, 0.05) is 28.9 Å². The van der Waals surface area contributed by atoms with Crippen molar-refractivity contribution in [2.45, 2.75) is 38.1 Å². The van der Waals surface area contributed by atoms with Crippen LogP contribution in [0.15, 0.2) is 55.0 Å². The summed E-state index contributed by atoms with van der Waals surface area (Å²) in [6.07, 6.45) is -0.101. The van der Waals surface area contributed by atoms with E-state index in [0.29, 0.717) is 24.8 Å². The molecule has 0 fully saturated rings. The number of hydrogen-bond acceptors (Lipinski definition) is 7. The number of nitrogens with zero attached hydrogens (tertiary/aromatic N) is 3. The van der Waals surface area contributed by atoms with Crippen molar-refractivity contribution in [2.24, 2.45) is 0 Å². The second-order valence-corrected chi connectivity index (χ2v) is 10.1. The van der Waals surface area contributed by atoms with Crippen molar-refractivity contribution in [3.8, 4) is 0 Å². The van der Waals surface area contributed by atoms with E-state index in [2.05, 4.69) is 30.8 Å². The Hall–Kier alpha value is -4.19. The first-order valence-corrected chi connectivity index (χ1v) is 12.7. The van der Waals surface area contributed by atoms with Crippen LogP contribution < -0.4 is 10.6 Å². The highest BCUT2D eigenvalue weighted by atomic mass is 32.1. The first kappa shape index (κ1) is 24.2. The number of H-pyrrole nitrogens is 1. The van der Waals surface area contributed by atoms with Crippen LogP contribution in [0.1, 0.15) is 28.0 Å². The number of halogens is 3. The number of aromatic amines is 1. The van der Waals surface area contributed by atoms with Gasteiger partial charge in [-0.2, -0.15) is 18.3 Å². The van der Waals surface area contributed by atoms with Crippen LogP contribution in [0.25, 0.3) is 21.1 Å². The highest BCUT2D eigenvalue weighted by Gasteiger charge is 2.30. The Kier molecular flexibility index (Phi) is 6.10. The van der Waals surface area contributed by atoms with Gasteiger partial charge in [-0.05, 0) is 54.3 Å². The molecular weight excluding hydrogens is 517 g/mol. The molecule has 0 bridgehead atoms. The second kappa shape index (κ2) is 9.60. The van der Waals surface area contributed by atoms with Gasteiger partial charge in [0.25, 0.3) is 0 Å². The minimum absolute atomic E-state index is 0.0764. The molecule has 1 unspecified atom stereocenters. The third-order valence-corrected chi connectivity index (χ3v) is 7.66. The molecule has 1 amide bonds. The lowest BCUT2D eigenvalue weighted by Crippen LogP contribution is -2.31. The Bertz CT molecular complexity index is 1630. The van der Waals surface area contributed by atoms with Gasteiger partial charge in [0.05, 0.1) is 22.7 Å². The summed E-state index contributed by atoms with van der Waals surface area (Å²) in [7, 11) is 0. The molecule has 0 spiro atoms. The zero-order valence-electron chi connectivity index (χ0n) is 19.8. The van der Waals surface area contributed by atoms with Crippen molar-refractivity contribution in [1.82, 2.24) is 25.5 Å². The molecule has 12 heteroatoms. The Morgan fingerprint density at radius 3 is 2.82 bits per heavy atom. The third-order valence-electron chi connectivity index (χ3n) is 6.49. The van der Waals surface area contributed by atoms with E-state index in [4.69, 9.17) is 4.74 Å². The lowest BCUT2D eigenvalue weighted by molar-refractivity contribution is -0.137. The van der Waals surface area contributed by atoms with Crippen LogP contribution in [0.4, 0.5) is 29.5 Å². The molecule has 3 heterocycles. The van der Waals surface area contributed by atoms with Crippen molar-refractivity contribution >= 4 is 50.1 Å². The van der Waals surface area contributed by atoms with E-state index in [1.165, 1.54) is 18.5 Å². The standard InChI is InChI=1S/C26H21F3N6O2S/c27-26(28,29)16-3-1-14(2-4-16)11-30-25(36)37-18-6-7-19-21(10-18)38-24-22(19)23(31-13-32-24)34-17-5-8-20-15(9-17)12-33-35-20/h1-5,8-9,12-13,18H,6-7,10-11H2,(H,30,36)(H,33,35)(H,31,32,34). The number of alkyl carbamates (subject to hydrolysis) is 1. The van der Waals surface area contributed by atoms with Gasteiger partial charge in [0.1, 0.15) is 23.1 Å². The average molecular weight is 539 g/mol. The maximum Gasteiger partial charge on any atom is 0.416 e. The number of benzene rings is 2. The quantitative estimate of drug-likeness (QED) is 0.249. The summed E-state index contributed by atoms with van der Waals surface area (Å²) in [5, 5.41) is 15.0. The van der Waals surface area contributed by atoms with Crippen molar-refractivity contribution < 1.29 is 22.7 Å². The molecule has 1 atom stereocenters. The van der Waals surface area contributed by atoms with E-state index in [9.17, 15) is 18.0 Å². The number of alkyl halides is 3. The topological polar surface area (TPSA) is 105 Å². The molecule has 194 valence electrons. The van der Waals surface area contributed by atoms with Crippen molar-refractivity contribution in [2.75, 3.05) is 5.32 Å². The van der Waals surface area contributed by atoms with Gasteiger partial charge >= 0.3 is 12.3 Å². The molecule has 2 aromatic carbocycles. The SMILES string of the molecule is O=C(NCc1ccc(C(F)(F)F)cc1)OC1CCc2c(sc3ncnc(Nc4ccc5[nH]ncc5c4)c23)C1. The number of hydrogen-bond donors (Lipinski definition) is 3. The largest absolute Gasteiger partial charge is 0.446 e. The molecule has 0 saturated heterocycles. The zero-order valence-corrected chi connectivity index (χ0v) is 20.6. The number of amides is 1. The summed E-state index contributed by atoms with van der Waals surface area (Å²) in [5.41, 5.74) is 2.82. The number of thiophene rings is 1. The molecule has 1 aliphatic carbocycles. The number of anilines is 2. The minimum atomic E-state index is -4.39. The second-order valence-electron chi connectivity index (χ2n) is 9.02. The lowest BCUT2D eigenvalue weighted by Gasteiger charge is -2.23. The molecule has 38 heavy (non-hydrogen) atoms. The fourth-order valence-electron chi connectivity index (χ4n) is 4.61. The van der Waals surface area contributed by atoms with Gasteiger partial charge in [-0.25, -0.2) is 14.8 Å². The van der Waals surface area contributed by atoms with Crippen molar-refractivity contribution in [3.05, 3.63) is 76.6 Å². The molecular formula is C26H21F3N6O2S. The Morgan fingerprint density at radius 1 is 1.16 bits per heavy atom. The maximum absolute atomic E-state index is 12.7. The predicted octanol–water partition coefficient (Wildman–Crippen LogP) is 6.11. The molecule has 6 rings (SSSR count). The number of aryl methyl sites for hydroxylation is 1. The van der Waals surface area contributed by atoms with E-state index in [1.54, 1.807) is 17.5 Å². The van der Waals surface area contributed by atoms with Gasteiger partial charge in [-0.3, -0.25) is 5.10 Å². The minimum Gasteiger partial charge on any atom is -0.446 e. The highest BCUT2D eigenvalue weighted by molar-refractivity contribution is 7.19. The summed E-state index contributed by atoms with van der Waals surface area (Å²) in [5.74, 6) is 0.726. The molecule has 3 N–H and O–H groups in total. The number of rotatable bonds is 5. The van der Waals surface area contributed by atoms with E-state index >= 15 is 0 Å². The molecule has 5 aromatic rings. The summed E-state index contributed by atoms with van der Waals surface area (Å²) < 4.78 is 43.8. The first-order valence-electron chi connectivity index (χ1n) is 11.9. The predicted molar refractivity (Wildman–Crippen MR) is 137 cm³/mol. The van der Waals surface area contributed by atoms with Crippen LogP contribution in [0.3, 0.4) is 0 Å². The van der Waals surface area contributed by atoms with Gasteiger partial charge in [-0.15, -0.1) is 11.3 Å². The van der Waals surface area contributed by atoms with Gasteiger partial charge in [-0.1, -0.05) is 12.1 Å². The van der Waals surface area contributed by atoms with Crippen LogP contribution in [0.5, 0.6) is 0 Å². The fourth-order valence-corrected chi connectivity index (χ4v) is 5.86. The third kappa shape index (κ3) is 4.86. The van der Waals surface area contributed by atoms with Crippen molar-refractivity contribution in [3.63, 3.8) is 0 Å². The van der Waals surface area contributed by atoms with E-state index in [1.807, 2.05) is 18.2 Å². The monoisotopic (exact) mass is 538 g/mol. The Balaban J connectivity index is 1.11. The van der Waals surface area contributed by atoms with Crippen LogP contribution in [0, 0.1) is 0 Å². The molecule has 1 aliphatic rings. The Labute approximate surface area is 218 Å². The smallest absolute Gasteiger partial charge is 0.416 e. The fraction of sp³-hybridized carbons (Fsp3) is 0.231. The van der Waals surface area contributed by atoms with E-state index in [-0.39, 0.29) is 12.6 Å². The van der Waals surface area contributed by atoms with Crippen LogP contribution in [-0.2, 0) is 30.3 Å². The van der Waals surface area contributed by atoms with Gasteiger partial charge in [0.15, 0.2) is 0 Å². The van der Waals surface area contributed by atoms with Gasteiger partial charge in [0.2, 0.25) is 0 Å². The normalized spacial score (nSPS) is 15.4. The molecule has 8 nitrogen and oxygen atoms in total. The summed E-state index contributed by atoms with van der Waals surface area (Å²) in [6, 6.07) is 10.6. The van der Waals surface area contributed by atoms with E-state index < -0.39 is 17.8 Å². The highest BCUT2D eigenvalue weighted by Crippen LogP contribution is 2.39. The lowest BCUT2D eigenvalue weighted by atomic mass is 9.94. The van der Waals surface area contributed by atoms with Crippen LogP contribution in [-0.4, -0.2) is 32.4 Å². The first-order chi connectivity index (χ1) is 18.3. The van der Waals surface area contributed by atoms with E-state index in [0.717, 1.165) is 55.2 Å². The van der Waals surface area contributed by atoms with Gasteiger partial charge < -0.3 is 15.4 Å². The summed E-state index contributed by atoms with van der Waals surface area (Å²) >= 11 is 1.56. The number of fused-ring (bicyclic) bond motifs is 4. The summed E-state index contributed by atoms with van der Waals surface area (Å²) in [6.45, 7) is 0.0764. The van der Waals surface area contributed by atoms with Crippen LogP contribution in [0.2, 0.25) is 0 Å². The summed E-state index contributed by atoms with van der Waals surface area (Å²) in [4.78, 5) is 23.3. The number of aromatic nitrogens is 4. The Morgan fingerprint density at radius 2 is 2.00 bits per heavy atom. The molecule has 0 radical (unpaired) electrons. The number of ether oxygens (including phenoxy) is 1. The number of nitrogens with one attached hydrogen (secondary N) is 3. The molecule has 3 aromatic heterocycles.